The number of nitrogens with one attached hydrogen (secondary N) is 1. The number of likely N-dealkylation sites (N-methyl/N-ethyl adjacent to an activating group) is 1. The average molecular weight is 343 g/mol. The van der Waals surface area contributed by atoms with Gasteiger partial charge in [0.05, 0.1) is 11.2 Å². The quantitative estimate of drug-likeness (QED) is 0.759. The van der Waals surface area contributed by atoms with Crippen LogP contribution in [0.25, 0.3) is 10.2 Å². The van der Waals surface area contributed by atoms with Crippen LogP contribution in [0.2, 0.25) is 0 Å². The zero-order valence-corrected chi connectivity index (χ0v) is 14.4. The van der Waals surface area contributed by atoms with Gasteiger partial charge in [-0.1, -0.05) is 36.5 Å². The largest absolute Gasteiger partial charge is 0.342 e. The highest BCUT2D eigenvalue weighted by Gasteiger charge is 2.14. The lowest BCUT2D eigenvalue weighted by atomic mass is 10.1. The van der Waals surface area contributed by atoms with E-state index < -0.39 is 0 Å². The highest BCUT2D eigenvalue weighted by molar-refractivity contribution is 7.22. The maximum atomic E-state index is 13.7. The number of halogens is 1. The maximum Gasteiger partial charge on any atom is 0.243 e. The summed E-state index contributed by atoms with van der Waals surface area (Å²) in [5.74, 6) is -0.481. The normalized spacial score (nSPS) is 10.8. The lowest BCUT2D eigenvalue weighted by Gasteiger charge is -2.15. The number of hydrogen-bond donors (Lipinski definition) is 1. The van der Waals surface area contributed by atoms with Gasteiger partial charge in [-0.25, -0.2) is 9.37 Å². The molecule has 0 fully saturated rings. The second kappa shape index (κ2) is 6.97. The zero-order chi connectivity index (χ0) is 17.1. The summed E-state index contributed by atoms with van der Waals surface area (Å²) >= 11 is 1.37. The molecular weight excluding hydrogens is 325 g/mol. The van der Waals surface area contributed by atoms with E-state index >= 15 is 0 Å². The topological polar surface area (TPSA) is 45.2 Å². The number of aryl methyl sites for hydroxylation is 1. The van der Waals surface area contributed by atoms with Gasteiger partial charge in [-0.15, -0.1) is 0 Å². The van der Waals surface area contributed by atoms with Gasteiger partial charge < -0.3 is 10.2 Å². The molecule has 1 amide bonds. The Morgan fingerprint density at radius 1 is 1.25 bits per heavy atom. The third-order valence-corrected chi connectivity index (χ3v) is 4.85. The number of fused-ring (bicyclic) bond motifs is 1. The van der Waals surface area contributed by atoms with E-state index in [0.29, 0.717) is 10.6 Å². The minimum absolute atomic E-state index is 0.138. The molecule has 0 saturated heterocycles. The van der Waals surface area contributed by atoms with Crippen LogP contribution in [0.3, 0.4) is 0 Å². The van der Waals surface area contributed by atoms with Crippen LogP contribution in [0, 0.1) is 5.82 Å². The first-order chi connectivity index (χ1) is 11.6. The summed E-state index contributed by atoms with van der Waals surface area (Å²) < 4.78 is 14.5. The van der Waals surface area contributed by atoms with Crippen molar-refractivity contribution in [3.63, 3.8) is 0 Å². The molecule has 3 aromatic rings. The number of nitrogens with zero attached hydrogens (tertiary/aromatic N) is 2. The first kappa shape index (κ1) is 16.4. The molecule has 1 N–H and O–H groups in total. The Hall–Kier alpha value is -2.47. The number of rotatable bonds is 5. The summed E-state index contributed by atoms with van der Waals surface area (Å²) in [7, 11) is 1.77. The first-order valence-corrected chi connectivity index (χ1v) is 8.53. The number of aromatic nitrogens is 1. The predicted molar refractivity (Wildman–Crippen MR) is 97.3 cm³/mol. The van der Waals surface area contributed by atoms with Crippen LogP contribution in [0.5, 0.6) is 0 Å². The van der Waals surface area contributed by atoms with Gasteiger partial charge in [0.2, 0.25) is 5.91 Å². The van der Waals surface area contributed by atoms with Crippen LogP contribution < -0.4 is 10.2 Å². The van der Waals surface area contributed by atoms with Crippen LogP contribution in [-0.2, 0) is 11.2 Å². The highest BCUT2D eigenvalue weighted by atomic mass is 32.1. The molecule has 4 nitrogen and oxygen atoms in total. The molecule has 0 aliphatic heterocycles. The molecule has 0 atom stereocenters. The van der Waals surface area contributed by atoms with Crippen molar-refractivity contribution >= 4 is 38.3 Å². The molecule has 124 valence electrons. The van der Waals surface area contributed by atoms with Crippen molar-refractivity contribution < 1.29 is 9.18 Å². The number of hydrogen-bond acceptors (Lipinski definition) is 4. The van der Waals surface area contributed by atoms with Gasteiger partial charge >= 0.3 is 0 Å². The lowest BCUT2D eigenvalue weighted by Crippen LogP contribution is -2.29. The third-order valence-electron chi connectivity index (χ3n) is 3.71. The van der Waals surface area contributed by atoms with Gasteiger partial charge in [-0.2, -0.15) is 0 Å². The number of carbonyl (C=O) groups excluding carboxylic acids is 1. The van der Waals surface area contributed by atoms with E-state index in [0.717, 1.165) is 16.8 Å². The Morgan fingerprint density at radius 3 is 2.67 bits per heavy atom. The Balaban J connectivity index is 1.67. The third kappa shape index (κ3) is 3.54. The predicted octanol–water partition coefficient (Wildman–Crippen LogP) is 4.07. The molecule has 0 aliphatic carbocycles. The first-order valence-electron chi connectivity index (χ1n) is 7.72. The minimum atomic E-state index is -0.344. The second-order valence-corrected chi connectivity index (χ2v) is 6.55. The second-order valence-electron chi connectivity index (χ2n) is 5.54. The van der Waals surface area contributed by atoms with Crippen LogP contribution in [0.1, 0.15) is 12.5 Å². The lowest BCUT2D eigenvalue weighted by molar-refractivity contribution is -0.114. The SMILES string of the molecule is CCc1ccc(NC(=O)CN(C)c2nc3c(F)cccc3s2)cc1. The van der Waals surface area contributed by atoms with Crippen molar-refractivity contribution in [2.45, 2.75) is 13.3 Å². The number of thiazole rings is 1. The summed E-state index contributed by atoms with van der Waals surface area (Å²) in [4.78, 5) is 18.2. The molecular formula is C18H18FN3OS. The summed E-state index contributed by atoms with van der Waals surface area (Å²) in [5.41, 5.74) is 2.34. The van der Waals surface area contributed by atoms with Crippen LogP contribution >= 0.6 is 11.3 Å². The molecule has 0 saturated carbocycles. The number of anilines is 2. The van der Waals surface area contributed by atoms with Gasteiger partial charge in [0.15, 0.2) is 5.13 Å². The molecule has 0 bridgehead atoms. The maximum absolute atomic E-state index is 13.7. The van der Waals surface area contributed by atoms with E-state index in [9.17, 15) is 9.18 Å². The van der Waals surface area contributed by atoms with Crippen molar-refractivity contribution in [3.8, 4) is 0 Å². The van der Waals surface area contributed by atoms with Gasteiger partial charge in [-0.05, 0) is 36.2 Å². The average Bonchev–Trinajstić information content (AvgIpc) is 3.01. The molecule has 3 rings (SSSR count). The van der Waals surface area contributed by atoms with E-state index in [1.165, 1.54) is 23.0 Å². The summed E-state index contributed by atoms with van der Waals surface area (Å²) in [6.07, 6.45) is 0.963. The van der Waals surface area contributed by atoms with E-state index in [4.69, 9.17) is 0 Å². The van der Waals surface area contributed by atoms with Crippen LogP contribution in [-0.4, -0.2) is 24.5 Å². The standard InChI is InChI=1S/C18H18FN3OS/c1-3-12-7-9-13(10-8-12)20-16(23)11-22(2)18-21-17-14(19)5-4-6-15(17)24-18/h4-10H,3,11H2,1-2H3,(H,20,23). The van der Waals surface area contributed by atoms with Gasteiger partial charge in [-0.3, -0.25) is 4.79 Å². The summed E-state index contributed by atoms with van der Waals surface area (Å²) in [6.45, 7) is 2.24. The van der Waals surface area contributed by atoms with Crippen molar-refractivity contribution in [2.75, 3.05) is 23.8 Å². The Bertz CT molecular complexity index is 860. The van der Waals surface area contributed by atoms with E-state index in [-0.39, 0.29) is 18.3 Å². The number of benzene rings is 2. The van der Waals surface area contributed by atoms with Gasteiger partial charge in [0.1, 0.15) is 11.3 Å². The Kier molecular flexibility index (Phi) is 4.76. The number of amides is 1. The van der Waals surface area contributed by atoms with Crippen molar-refractivity contribution in [3.05, 3.63) is 53.8 Å². The van der Waals surface area contributed by atoms with Crippen molar-refractivity contribution in [2.24, 2.45) is 0 Å². The van der Waals surface area contributed by atoms with E-state index in [1.807, 2.05) is 30.3 Å². The fourth-order valence-corrected chi connectivity index (χ4v) is 3.31. The fraction of sp³-hybridized carbons (Fsp3) is 0.222. The smallest absolute Gasteiger partial charge is 0.243 e. The molecule has 6 heteroatoms. The van der Waals surface area contributed by atoms with E-state index in [1.54, 1.807) is 18.0 Å². The van der Waals surface area contributed by atoms with Gasteiger partial charge in [0.25, 0.3) is 0 Å². The summed E-state index contributed by atoms with van der Waals surface area (Å²) in [6, 6.07) is 12.6. The molecule has 24 heavy (non-hydrogen) atoms. The van der Waals surface area contributed by atoms with Crippen molar-refractivity contribution in [1.29, 1.82) is 0 Å². The Labute approximate surface area is 143 Å². The van der Waals surface area contributed by atoms with Crippen LogP contribution in [0.4, 0.5) is 15.2 Å². The van der Waals surface area contributed by atoms with Crippen molar-refractivity contribution in [1.82, 2.24) is 4.98 Å². The number of carbonyl (C=O) groups is 1. The number of para-hydroxylation sites is 1. The minimum Gasteiger partial charge on any atom is -0.342 e. The molecule has 0 aliphatic rings. The summed E-state index contributed by atoms with van der Waals surface area (Å²) in [5, 5.41) is 3.48. The molecule has 0 unspecified atom stereocenters. The Morgan fingerprint density at radius 2 is 2.00 bits per heavy atom. The van der Waals surface area contributed by atoms with Crippen LogP contribution in [0.15, 0.2) is 42.5 Å². The van der Waals surface area contributed by atoms with E-state index in [2.05, 4.69) is 17.2 Å². The molecule has 1 aromatic heterocycles. The molecule has 1 heterocycles. The monoisotopic (exact) mass is 343 g/mol. The molecule has 0 radical (unpaired) electrons. The zero-order valence-electron chi connectivity index (χ0n) is 13.5. The molecule has 0 spiro atoms. The fourth-order valence-electron chi connectivity index (χ4n) is 2.37. The highest BCUT2D eigenvalue weighted by Crippen LogP contribution is 2.29. The van der Waals surface area contributed by atoms with Gasteiger partial charge in [0, 0.05) is 12.7 Å². The molecule has 2 aromatic carbocycles.